The van der Waals surface area contributed by atoms with E-state index in [-0.39, 0.29) is 33.8 Å². The summed E-state index contributed by atoms with van der Waals surface area (Å²) >= 11 is 0. The minimum Gasteiger partial charge on any atom is -0.507 e. The smallest absolute Gasteiger partial charge is 0.331 e. The molecule has 196 valence electrons. The van der Waals surface area contributed by atoms with Crippen LogP contribution in [0.3, 0.4) is 0 Å². The highest BCUT2D eigenvalue weighted by molar-refractivity contribution is 6.16. The number of allylic oxidation sites excluding steroid dienone is 1. The summed E-state index contributed by atoms with van der Waals surface area (Å²) in [6.07, 6.45) is -6.77. The zero-order valence-corrected chi connectivity index (χ0v) is 20.7. The van der Waals surface area contributed by atoms with Crippen LogP contribution in [0.15, 0.2) is 42.0 Å². The average molecular weight is 513 g/mol. The van der Waals surface area contributed by atoms with E-state index in [4.69, 9.17) is 14.2 Å². The molecule has 6 atom stereocenters. The Morgan fingerprint density at radius 1 is 0.946 bits per heavy atom. The van der Waals surface area contributed by atoms with Crippen LogP contribution in [-0.4, -0.2) is 68.9 Å². The van der Waals surface area contributed by atoms with Crippen LogP contribution in [0, 0.1) is 6.92 Å². The van der Waals surface area contributed by atoms with Gasteiger partial charge in [0.05, 0.1) is 11.1 Å². The fourth-order valence-electron chi connectivity index (χ4n) is 4.94. The molecule has 0 unspecified atom stereocenters. The summed E-state index contributed by atoms with van der Waals surface area (Å²) in [6, 6.07) is 7.42. The number of aliphatic hydroxyl groups is 2. The van der Waals surface area contributed by atoms with Crippen LogP contribution < -0.4 is 0 Å². The highest BCUT2D eigenvalue weighted by atomic mass is 16.7. The summed E-state index contributed by atoms with van der Waals surface area (Å²) < 4.78 is 16.4. The Balaban J connectivity index is 1.89. The minimum atomic E-state index is -1.73. The van der Waals surface area contributed by atoms with Crippen LogP contribution in [0.2, 0.25) is 0 Å². The Kier molecular flexibility index (Phi) is 7.09. The largest absolute Gasteiger partial charge is 0.507 e. The molecule has 1 heterocycles. The number of aliphatic hydroxyl groups excluding tert-OH is 2. The van der Waals surface area contributed by atoms with E-state index < -0.39 is 54.3 Å². The van der Waals surface area contributed by atoms with Gasteiger partial charge < -0.3 is 34.6 Å². The molecule has 2 aromatic rings. The van der Waals surface area contributed by atoms with Crippen molar-refractivity contribution in [3.63, 3.8) is 0 Å². The number of ether oxygens (including phenoxy) is 3. The van der Waals surface area contributed by atoms with Gasteiger partial charge in [-0.1, -0.05) is 23.8 Å². The predicted molar refractivity (Wildman–Crippen MR) is 128 cm³/mol. The van der Waals surface area contributed by atoms with Crippen molar-refractivity contribution < 1.29 is 49.0 Å². The van der Waals surface area contributed by atoms with Crippen molar-refractivity contribution in [3.8, 4) is 11.5 Å². The SMILES string of the molecule is CC(=O)O[C@H]1O[C@@H]([C@@H]2c3cccc(O)c3C(=O)c3c(O)cc(C)cc32)[C@H](O)[C@@H](OC(=O)C=C(C)C)[C@H]1O. The van der Waals surface area contributed by atoms with E-state index >= 15 is 0 Å². The number of rotatable bonds is 4. The normalized spacial score (nSPS) is 26.5. The van der Waals surface area contributed by atoms with Crippen LogP contribution in [0.4, 0.5) is 0 Å². The second kappa shape index (κ2) is 9.97. The Morgan fingerprint density at radius 3 is 2.27 bits per heavy atom. The van der Waals surface area contributed by atoms with Crippen LogP contribution in [-0.2, 0) is 23.8 Å². The highest BCUT2D eigenvalue weighted by Gasteiger charge is 2.53. The lowest BCUT2D eigenvalue weighted by atomic mass is 9.71. The summed E-state index contributed by atoms with van der Waals surface area (Å²) in [6.45, 7) is 6.13. The number of hydrogen-bond acceptors (Lipinski definition) is 10. The van der Waals surface area contributed by atoms with E-state index in [2.05, 4.69) is 0 Å². The standard InChI is InChI=1S/C27H28O10/c1-11(2)8-18(31)36-26-23(33)25(37-27(24(26)34)35-13(4)28)19-14-6-5-7-16(29)20(14)22(32)21-15(19)9-12(3)10-17(21)30/h5-10,19,23-27,29-30,33-34H,1-4H3/t19-,23+,24-,25+,26-,27+/m1/s1. The molecule has 4 rings (SSSR count). The third-order valence-electron chi connectivity index (χ3n) is 6.34. The number of benzene rings is 2. The molecule has 10 nitrogen and oxygen atoms in total. The summed E-state index contributed by atoms with van der Waals surface area (Å²) in [4.78, 5) is 37.5. The lowest BCUT2D eigenvalue weighted by molar-refractivity contribution is -0.291. The van der Waals surface area contributed by atoms with Crippen LogP contribution in [0.25, 0.3) is 0 Å². The van der Waals surface area contributed by atoms with Gasteiger partial charge in [0, 0.05) is 18.9 Å². The summed E-state index contributed by atoms with van der Waals surface area (Å²) in [7, 11) is 0. The Labute approximate surface area is 212 Å². The average Bonchev–Trinajstić information content (AvgIpc) is 2.78. The second-order valence-corrected chi connectivity index (χ2v) is 9.48. The number of carbonyl (C=O) groups excluding carboxylic acids is 3. The highest BCUT2D eigenvalue weighted by Crippen LogP contribution is 2.47. The van der Waals surface area contributed by atoms with Gasteiger partial charge in [-0.05, 0) is 49.6 Å². The molecule has 2 aliphatic rings. The lowest BCUT2D eigenvalue weighted by Gasteiger charge is -2.45. The summed E-state index contributed by atoms with van der Waals surface area (Å²) in [5, 5.41) is 43.4. The van der Waals surface area contributed by atoms with Gasteiger partial charge in [-0.15, -0.1) is 0 Å². The maximum atomic E-state index is 13.3. The van der Waals surface area contributed by atoms with Gasteiger partial charge in [0.15, 0.2) is 12.2 Å². The number of aryl methyl sites for hydroxylation is 1. The van der Waals surface area contributed by atoms with Crippen molar-refractivity contribution in [2.45, 2.75) is 64.3 Å². The van der Waals surface area contributed by atoms with E-state index in [9.17, 15) is 34.8 Å². The van der Waals surface area contributed by atoms with Gasteiger partial charge in [-0.25, -0.2) is 4.79 Å². The van der Waals surface area contributed by atoms with Gasteiger partial charge >= 0.3 is 11.9 Å². The van der Waals surface area contributed by atoms with Crippen LogP contribution >= 0.6 is 0 Å². The van der Waals surface area contributed by atoms with Crippen molar-refractivity contribution in [1.29, 1.82) is 0 Å². The molecule has 10 heteroatoms. The zero-order valence-electron chi connectivity index (χ0n) is 20.7. The third kappa shape index (κ3) is 4.83. The number of phenolic OH excluding ortho intramolecular Hbond substituents is 2. The maximum absolute atomic E-state index is 13.3. The molecule has 0 radical (unpaired) electrons. The van der Waals surface area contributed by atoms with Crippen molar-refractivity contribution >= 4 is 17.7 Å². The molecule has 1 saturated heterocycles. The molecule has 0 amide bonds. The number of phenols is 2. The molecule has 37 heavy (non-hydrogen) atoms. The fourth-order valence-corrected chi connectivity index (χ4v) is 4.94. The first-order valence-electron chi connectivity index (χ1n) is 11.6. The molecular formula is C27H28O10. The number of carbonyl (C=O) groups is 3. The van der Waals surface area contributed by atoms with Crippen LogP contribution in [0.1, 0.15) is 59.3 Å². The molecule has 4 N–H and O–H groups in total. The third-order valence-corrected chi connectivity index (χ3v) is 6.34. The first-order chi connectivity index (χ1) is 17.4. The molecular weight excluding hydrogens is 484 g/mol. The van der Waals surface area contributed by atoms with Crippen molar-refractivity contribution in [2.75, 3.05) is 0 Å². The molecule has 1 fully saturated rings. The van der Waals surface area contributed by atoms with E-state index in [1.807, 2.05) is 0 Å². The number of hydrogen-bond donors (Lipinski definition) is 4. The van der Waals surface area contributed by atoms with Crippen molar-refractivity contribution in [3.05, 3.63) is 69.8 Å². The number of ketones is 1. The summed E-state index contributed by atoms with van der Waals surface area (Å²) in [5.74, 6) is -3.91. The van der Waals surface area contributed by atoms with Gasteiger partial charge in [0.1, 0.15) is 23.7 Å². The molecule has 0 aromatic heterocycles. The van der Waals surface area contributed by atoms with Crippen molar-refractivity contribution in [2.24, 2.45) is 0 Å². The maximum Gasteiger partial charge on any atom is 0.331 e. The topological polar surface area (TPSA) is 160 Å². The molecule has 2 aromatic carbocycles. The van der Waals surface area contributed by atoms with Crippen LogP contribution in [0.5, 0.6) is 11.5 Å². The minimum absolute atomic E-state index is 0.0892. The zero-order chi connectivity index (χ0) is 27.2. The Hall–Kier alpha value is -3.73. The van der Waals surface area contributed by atoms with E-state index in [0.717, 1.165) is 6.92 Å². The second-order valence-electron chi connectivity index (χ2n) is 9.48. The van der Waals surface area contributed by atoms with Gasteiger partial charge in [-0.2, -0.15) is 0 Å². The van der Waals surface area contributed by atoms with E-state index in [1.165, 1.54) is 24.3 Å². The first kappa shape index (κ1) is 26.3. The van der Waals surface area contributed by atoms with Crippen molar-refractivity contribution in [1.82, 2.24) is 0 Å². The summed E-state index contributed by atoms with van der Waals surface area (Å²) in [5.41, 5.74) is 1.60. The predicted octanol–water partition coefficient (Wildman–Crippen LogP) is 1.97. The van der Waals surface area contributed by atoms with E-state index in [0.29, 0.717) is 11.1 Å². The Morgan fingerprint density at radius 2 is 1.62 bits per heavy atom. The monoisotopic (exact) mass is 512 g/mol. The first-order valence-corrected chi connectivity index (χ1v) is 11.6. The van der Waals surface area contributed by atoms with Gasteiger partial charge in [0.25, 0.3) is 0 Å². The molecule has 0 bridgehead atoms. The number of aromatic hydroxyl groups is 2. The molecule has 1 aliphatic heterocycles. The molecule has 1 aliphatic carbocycles. The van der Waals surface area contributed by atoms with Gasteiger partial charge in [0.2, 0.25) is 12.1 Å². The van der Waals surface area contributed by atoms with Gasteiger partial charge in [-0.3, -0.25) is 9.59 Å². The molecule has 0 saturated carbocycles. The van der Waals surface area contributed by atoms with E-state index in [1.54, 1.807) is 32.9 Å². The quantitative estimate of drug-likeness (QED) is 0.352. The fraction of sp³-hybridized carbons (Fsp3) is 0.370. The Bertz CT molecular complexity index is 1290. The lowest BCUT2D eigenvalue weighted by Crippen LogP contribution is -2.61. The number of esters is 2. The number of fused-ring (bicyclic) bond motifs is 2. The molecule has 0 spiro atoms.